The van der Waals surface area contributed by atoms with Crippen molar-refractivity contribution < 1.29 is 14.3 Å². The van der Waals surface area contributed by atoms with Gasteiger partial charge in [-0.2, -0.15) is 4.98 Å². The van der Waals surface area contributed by atoms with Crippen molar-refractivity contribution >= 4 is 39.5 Å². The summed E-state index contributed by atoms with van der Waals surface area (Å²) in [6, 6.07) is 10.5. The molecule has 1 N–H and O–H groups in total. The minimum absolute atomic E-state index is 0.247. The molecule has 28 heavy (non-hydrogen) atoms. The van der Waals surface area contributed by atoms with E-state index >= 15 is 0 Å². The lowest BCUT2D eigenvalue weighted by molar-refractivity contribution is 0.0596. The lowest BCUT2D eigenvalue weighted by atomic mass is 10.1. The van der Waals surface area contributed by atoms with Gasteiger partial charge in [0, 0.05) is 18.3 Å². The van der Waals surface area contributed by atoms with Crippen LogP contribution < -0.4 is 5.32 Å². The van der Waals surface area contributed by atoms with E-state index in [1.807, 2.05) is 27.4 Å². The Morgan fingerprint density at radius 3 is 2.71 bits per heavy atom. The van der Waals surface area contributed by atoms with Gasteiger partial charge in [0.1, 0.15) is 0 Å². The third-order valence-corrected chi connectivity index (χ3v) is 5.87. The Morgan fingerprint density at radius 2 is 1.96 bits per heavy atom. The number of esters is 1. The normalized spacial score (nSPS) is 10.9. The van der Waals surface area contributed by atoms with Crippen molar-refractivity contribution in [1.82, 2.24) is 19.9 Å². The van der Waals surface area contributed by atoms with Crippen molar-refractivity contribution in [2.45, 2.75) is 6.42 Å². The lowest BCUT2D eigenvalue weighted by Crippen LogP contribution is -2.27. The summed E-state index contributed by atoms with van der Waals surface area (Å²) in [4.78, 5) is 30.7. The zero-order valence-corrected chi connectivity index (χ0v) is 16.5. The maximum atomic E-state index is 12.5. The van der Waals surface area contributed by atoms with Crippen LogP contribution in [0, 0.1) is 0 Å². The number of methoxy groups -OCH3 is 1. The summed E-state index contributed by atoms with van der Waals surface area (Å²) < 4.78 is 6.55. The molecular formula is C19H16N4O3S2. The number of carbonyl (C=O) groups excluding carboxylic acids is 2. The maximum Gasteiger partial charge on any atom is 0.338 e. The van der Waals surface area contributed by atoms with Crippen LogP contribution in [-0.2, 0) is 11.2 Å². The predicted octanol–water partition coefficient (Wildman–Crippen LogP) is 3.28. The Hall–Kier alpha value is -3.04. The number of rotatable bonds is 6. The highest BCUT2D eigenvalue weighted by Crippen LogP contribution is 2.24. The first kappa shape index (κ1) is 18.3. The monoisotopic (exact) mass is 412 g/mol. The maximum absolute atomic E-state index is 12.5. The SMILES string of the molecule is COC(=O)c1ccccc1C(=O)NCCc1csc2nc(-c3cccs3)nn12. The molecule has 4 aromatic rings. The van der Waals surface area contributed by atoms with Gasteiger partial charge in [0.25, 0.3) is 5.91 Å². The largest absolute Gasteiger partial charge is 0.465 e. The topological polar surface area (TPSA) is 85.6 Å². The number of fused-ring (bicyclic) bond motifs is 1. The van der Waals surface area contributed by atoms with Crippen LogP contribution in [0.1, 0.15) is 26.4 Å². The fourth-order valence-corrected chi connectivity index (χ4v) is 4.28. The van der Waals surface area contributed by atoms with Crippen LogP contribution in [0.4, 0.5) is 0 Å². The van der Waals surface area contributed by atoms with E-state index < -0.39 is 5.97 Å². The van der Waals surface area contributed by atoms with Crippen molar-refractivity contribution in [3.05, 3.63) is 64.0 Å². The molecule has 0 aliphatic heterocycles. The first-order valence-corrected chi connectivity index (χ1v) is 10.3. The van der Waals surface area contributed by atoms with Crippen LogP contribution in [0.5, 0.6) is 0 Å². The van der Waals surface area contributed by atoms with Crippen LogP contribution in [-0.4, -0.2) is 40.1 Å². The average Bonchev–Trinajstić information content (AvgIpc) is 3.45. The van der Waals surface area contributed by atoms with Crippen molar-refractivity contribution in [1.29, 1.82) is 0 Å². The number of amides is 1. The second-order valence-electron chi connectivity index (χ2n) is 5.88. The van der Waals surface area contributed by atoms with Gasteiger partial charge in [-0.1, -0.05) is 18.2 Å². The molecular weight excluding hydrogens is 396 g/mol. The summed E-state index contributed by atoms with van der Waals surface area (Å²) in [5.74, 6) is -0.140. The van der Waals surface area contributed by atoms with Gasteiger partial charge in [0.2, 0.25) is 4.96 Å². The third-order valence-electron chi connectivity index (χ3n) is 4.14. The predicted molar refractivity (Wildman–Crippen MR) is 108 cm³/mol. The van der Waals surface area contributed by atoms with E-state index in [4.69, 9.17) is 4.74 Å². The molecule has 0 radical (unpaired) electrons. The van der Waals surface area contributed by atoms with E-state index in [1.165, 1.54) is 18.4 Å². The van der Waals surface area contributed by atoms with Gasteiger partial charge in [-0.05, 0) is 23.6 Å². The molecule has 0 bridgehead atoms. The van der Waals surface area contributed by atoms with Crippen LogP contribution in [0.3, 0.4) is 0 Å². The van der Waals surface area contributed by atoms with Crippen LogP contribution in [0.2, 0.25) is 0 Å². The molecule has 1 amide bonds. The Balaban J connectivity index is 1.44. The average molecular weight is 412 g/mol. The molecule has 0 spiro atoms. The third kappa shape index (κ3) is 3.54. The highest BCUT2D eigenvalue weighted by Gasteiger charge is 2.17. The molecule has 0 atom stereocenters. The molecule has 0 saturated heterocycles. The van der Waals surface area contributed by atoms with Crippen molar-refractivity contribution in [2.75, 3.05) is 13.7 Å². The van der Waals surface area contributed by atoms with Crippen molar-refractivity contribution in [3.8, 4) is 10.7 Å². The van der Waals surface area contributed by atoms with Gasteiger partial charge in [-0.25, -0.2) is 9.31 Å². The summed E-state index contributed by atoms with van der Waals surface area (Å²) in [5, 5.41) is 11.4. The molecule has 3 heterocycles. The second kappa shape index (κ2) is 7.91. The number of nitrogens with one attached hydrogen (secondary N) is 1. The van der Waals surface area contributed by atoms with Crippen molar-refractivity contribution in [3.63, 3.8) is 0 Å². The van der Waals surface area contributed by atoms with Gasteiger partial charge < -0.3 is 10.1 Å². The summed E-state index contributed by atoms with van der Waals surface area (Å²) in [5.41, 5.74) is 1.51. The number of hydrogen-bond donors (Lipinski definition) is 1. The lowest BCUT2D eigenvalue weighted by Gasteiger charge is -2.08. The van der Waals surface area contributed by atoms with E-state index in [2.05, 4.69) is 15.4 Å². The number of thiophene rings is 1. The molecule has 4 rings (SSSR count). The fraction of sp³-hybridized carbons (Fsp3) is 0.158. The molecule has 0 aliphatic carbocycles. The molecule has 9 heteroatoms. The zero-order valence-electron chi connectivity index (χ0n) is 14.9. The molecule has 7 nitrogen and oxygen atoms in total. The zero-order chi connectivity index (χ0) is 19.5. The van der Waals surface area contributed by atoms with E-state index in [1.54, 1.807) is 35.6 Å². The molecule has 0 saturated carbocycles. The molecule has 0 fully saturated rings. The quantitative estimate of drug-likeness (QED) is 0.491. The number of carbonyl (C=O) groups is 2. The first-order valence-electron chi connectivity index (χ1n) is 8.50. The van der Waals surface area contributed by atoms with Crippen molar-refractivity contribution in [2.24, 2.45) is 0 Å². The summed E-state index contributed by atoms with van der Waals surface area (Å²) in [6.07, 6.45) is 0.597. The van der Waals surface area contributed by atoms with Crippen LogP contribution >= 0.6 is 22.7 Å². The molecule has 0 aliphatic rings. The minimum Gasteiger partial charge on any atom is -0.465 e. The number of hydrogen-bond acceptors (Lipinski definition) is 7. The fourth-order valence-electron chi connectivity index (χ4n) is 2.78. The Morgan fingerprint density at radius 1 is 1.14 bits per heavy atom. The molecule has 1 aromatic carbocycles. The number of ether oxygens (including phenoxy) is 1. The first-order chi connectivity index (χ1) is 13.7. The van der Waals surface area contributed by atoms with E-state index in [9.17, 15) is 9.59 Å². The minimum atomic E-state index is -0.533. The summed E-state index contributed by atoms with van der Waals surface area (Å²) in [7, 11) is 1.29. The number of thiazole rings is 1. The number of aromatic nitrogens is 3. The van der Waals surface area contributed by atoms with Gasteiger partial charge in [0.15, 0.2) is 5.82 Å². The molecule has 3 aromatic heterocycles. The number of benzene rings is 1. The summed E-state index contributed by atoms with van der Waals surface area (Å²) >= 11 is 3.11. The van der Waals surface area contributed by atoms with Gasteiger partial charge in [0.05, 0.1) is 28.8 Å². The van der Waals surface area contributed by atoms with E-state index in [0.717, 1.165) is 15.5 Å². The van der Waals surface area contributed by atoms with E-state index in [0.29, 0.717) is 24.4 Å². The van der Waals surface area contributed by atoms with Gasteiger partial charge in [-0.3, -0.25) is 4.79 Å². The second-order valence-corrected chi connectivity index (χ2v) is 7.66. The van der Waals surface area contributed by atoms with Crippen LogP contribution in [0.15, 0.2) is 47.2 Å². The van der Waals surface area contributed by atoms with Gasteiger partial charge >= 0.3 is 5.97 Å². The smallest absolute Gasteiger partial charge is 0.338 e. The summed E-state index contributed by atoms with van der Waals surface area (Å²) in [6.45, 7) is 0.411. The Labute approximate surface area is 168 Å². The Bertz CT molecular complexity index is 1130. The Kier molecular flexibility index (Phi) is 5.18. The van der Waals surface area contributed by atoms with E-state index in [-0.39, 0.29) is 11.5 Å². The molecule has 142 valence electrons. The number of nitrogens with zero attached hydrogens (tertiary/aromatic N) is 3. The van der Waals surface area contributed by atoms with Gasteiger partial charge in [-0.15, -0.1) is 27.8 Å². The van der Waals surface area contributed by atoms with Crippen LogP contribution in [0.25, 0.3) is 15.7 Å². The highest BCUT2D eigenvalue weighted by atomic mass is 32.1. The highest BCUT2D eigenvalue weighted by molar-refractivity contribution is 7.15. The standard InChI is InChI=1S/C19H16N4O3S2/c1-26-18(25)14-6-3-2-5-13(14)17(24)20-9-8-12-11-28-19-21-16(22-23(12)19)15-7-4-10-27-15/h2-7,10-11H,8-9H2,1H3,(H,20,24). The molecule has 0 unspecified atom stereocenters.